The lowest BCUT2D eigenvalue weighted by Gasteiger charge is -2.42. The Hall–Kier alpha value is -0.610. The molecule has 0 heterocycles. The van der Waals surface area contributed by atoms with Crippen LogP contribution in [0.5, 0.6) is 0 Å². The van der Waals surface area contributed by atoms with E-state index in [9.17, 15) is 15.0 Å². The van der Waals surface area contributed by atoms with Gasteiger partial charge in [0.2, 0.25) is 6.41 Å². The van der Waals surface area contributed by atoms with Crippen LogP contribution in [-0.2, 0) is 4.79 Å². The van der Waals surface area contributed by atoms with E-state index in [2.05, 4.69) is 6.92 Å². The SMILES string of the molecule is CCCCCCCCCCCCCCCC(C)N(C=O)C(CC)(CO)CO. The monoisotopic (exact) mass is 385 g/mol. The third kappa shape index (κ3) is 11.1. The highest BCUT2D eigenvalue weighted by atomic mass is 16.3. The summed E-state index contributed by atoms with van der Waals surface area (Å²) < 4.78 is 0. The molecule has 1 amide bonds. The van der Waals surface area contributed by atoms with Crippen molar-refractivity contribution in [1.82, 2.24) is 4.90 Å². The van der Waals surface area contributed by atoms with Gasteiger partial charge in [0.25, 0.3) is 0 Å². The van der Waals surface area contributed by atoms with Crippen LogP contribution in [0.25, 0.3) is 0 Å². The fourth-order valence-electron chi connectivity index (χ4n) is 3.90. The van der Waals surface area contributed by atoms with E-state index in [1.807, 2.05) is 13.8 Å². The van der Waals surface area contributed by atoms with Gasteiger partial charge in [-0.05, 0) is 19.8 Å². The molecule has 2 N–H and O–H groups in total. The van der Waals surface area contributed by atoms with Crippen molar-refractivity contribution in [1.29, 1.82) is 0 Å². The van der Waals surface area contributed by atoms with Crippen molar-refractivity contribution in [3.05, 3.63) is 0 Å². The summed E-state index contributed by atoms with van der Waals surface area (Å²) in [5.41, 5.74) is -0.822. The Bertz CT molecular complexity index is 323. The van der Waals surface area contributed by atoms with Crippen LogP contribution in [0.2, 0.25) is 0 Å². The summed E-state index contributed by atoms with van der Waals surface area (Å²) >= 11 is 0. The molecule has 0 radical (unpaired) electrons. The van der Waals surface area contributed by atoms with Crippen molar-refractivity contribution in [3.8, 4) is 0 Å². The van der Waals surface area contributed by atoms with Crippen molar-refractivity contribution < 1.29 is 15.0 Å². The number of hydrogen-bond acceptors (Lipinski definition) is 3. The quantitative estimate of drug-likeness (QED) is 0.216. The molecule has 0 bridgehead atoms. The third-order valence-corrected chi connectivity index (χ3v) is 6.11. The minimum atomic E-state index is -0.822. The number of hydrogen-bond donors (Lipinski definition) is 2. The van der Waals surface area contributed by atoms with E-state index in [1.165, 1.54) is 77.0 Å². The number of unbranched alkanes of at least 4 members (excludes halogenated alkanes) is 12. The molecule has 1 unspecified atom stereocenters. The normalized spacial score (nSPS) is 12.9. The minimum absolute atomic E-state index is 0.0504. The molecule has 0 saturated carbocycles. The predicted molar refractivity (Wildman–Crippen MR) is 115 cm³/mol. The molecule has 0 aromatic rings. The summed E-state index contributed by atoms with van der Waals surface area (Å²) in [6, 6.07) is 0.0504. The maximum Gasteiger partial charge on any atom is 0.210 e. The highest BCUT2D eigenvalue weighted by Gasteiger charge is 2.35. The first-order chi connectivity index (χ1) is 13.1. The number of rotatable bonds is 20. The third-order valence-electron chi connectivity index (χ3n) is 6.11. The molecule has 0 aliphatic heterocycles. The van der Waals surface area contributed by atoms with E-state index in [0.29, 0.717) is 6.42 Å². The van der Waals surface area contributed by atoms with Gasteiger partial charge in [0, 0.05) is 6.04 Å². The fraction of sp³-hybridized carbons (Fsp3) is 0.957. The van der Waals surface area contributed by atoms with E-state index in [0.717, 1.165) is 19.3 Å². The Labute approximate surface area is 168 Å². The van der Waals surface area contributed by atoms with Crippen LogP contribution in [0.3, 0.4) is 0 Å². The number of nitrogens with zero attached hydrogens (tertiary/aromatic N) is 1. The van der Waals surface area contributed by atoms with Gasteiger partial charge in [0.05, 0.1) is 18.8 Å². The zero-order valence-corrected chi connectivity index (χ0v) is 18.4. The average molecular weight is 386 g/mol. The zero-order valence-electron chi connectivity index (χ0n) is 18.4. The van der Waals surface area contributed by atoms with Crippen LogP contribution in [0.4, 0.5) is 0 Å². The fourth-order valence-corrected chi connectivity index (χ4v) is 3.90. The van der Waals surface area contributed by atoms with Gasteiger partial charge in [-0.3, -0.25) is 4.79 Å². The molecule has 0 aromatic heterocycles. The molecule has 0 aliphatic carbocycles. The first-order valence-corrected chi connectivity index (χ1v) is 11.6. The van der Waals surface area contributed by atoms with E-state index < -0.39 is 5.54 Å². The number of amides is 1. The molecule has 0 saturated heterocycles. The summed E-state index contributed by atoms with van der Waals surface area (Å²) in [5.74, 6) is 0. The lowest BCUT2D eigenvalue weighted by atomic mass is 9.93. The second-order valence-electron chi connectivity index (χ2n) is 8.29. The Morgan fingerprint density at radius 1 is 0.778 bits per heavy atom. The molecule has 0 fully saturated rings. The summed E-state index contributed by atoms with van der Waals surface area (Å²) in [4.78, 5) is 13.1. The molecule has 27 heavy (non-hydrogen) atoms. The molecule has 0 aliphatic rings. The van der Waals surface area contributed by atoms with Gasteiger partial charge in [0.15, 0.2) is 0 Å². The van der Waals surface area contributed by atoms with Crippen molar-refractivity contribution in [2.45, 2.75) is 129 Å². The number of aliphatic hydroxyl groups excluding tert-OH is 2. The van der Waals surface area contributed by atoms with Gasteiger partial charge in [-0.2, -0.15) is 0 Å². The molecule has 0 spiro atoms. The molecule has 4 nitrogen and oxygen atoms in total. The predicted octanol–water partition coefficient (Wildman–Crippen LogP) is 5.45. The summed E-state index contributed by atoms with van der Waals surface area (Å²) in [6.07, 6.45) is 19.6. The topological polar surface area (TPSA) is 60.8 Å². The Morgan fingerprint density at radius 2 is 1.19 bits per heavy atom. The van der Waals surface area contributed by atoms with Crippen LogP contribution in [0.15, 0.2) is 0 Å². The zero-order chi connectivity index (χ0) is 20.4. The lowest BCUT2D eigenvalue weighted by molar-refractivity contribution is -0.132. The van der Waals surface area contributed by atoms with E-state index in [-0.39, 0.29) is 19.3 Å². The van der Waals surface area contributed by atoms with E-state index in [1.54, 1.807) is 4.90 Å². The summed E-state index contributed by atoms with van der Waals surface area (Å²) in [5, 5.41) is 19.3. The highest BCUT2D eigenvalue weighted by Crippen LogP contribution is 2.23. The maximum atomic E-state index is 11.5. The average Bonchev–Trinajstić information content (AvgIpc) is 2.69. The molecule has 0 aromatic carbocycles. The van der Waals surface area contributed by atoms with Crippen molar-refractivity contribution in [2.75, 3.05) is 13.2 Å². The molecular weight excluding hydrogens is 338 g/mol. The minimum Gasteiger partial charge on any atom is -0.394 e. The van der Waals surface area contributed by atoms with Gasteiger partial charge >= 0.3 is 0 Å². The number of carbonyl (C=O) groups excluding carboxylic acids is 1. The van der Waals surface area contributed by atoms with Gasteiger partial charge in [0.1, 0.15) is 0 Å². The second-order valence-corrected chi connectivity index (χ2v) is 8.29. The van der Waals surface area contributed by atoms with Gasteiger partial charge < -0.3 is 15.1 Å². The second kappa shape index (κ2) is 17.5. The first-order valence-electron chi connectivity index (χ1n) is 11.6. The Kier molecular flexibility index (Phi) is 17.1. The smallest absolute Gasteiger partial charge is 0.210 e. The van der Waals surface area contributed by atoms with Crippen molar-refractivity contribution in [3.63, 3.8) is 0 Å². The molecular formula is C23H47NO3. The van der Waals surface area contributed by atoms with Gasteiger partial charge in [-0.1, -0.05) is 97.3 Å². The maximum absolute atomic E-state index is 11.5. The van der Waals surface area contributed by atoms with Gasteiger partial charge in [-0.25, -0.2) is 0 Å². The van der Waals surface area contributed by atoms with E-state index >= 15 is 0 Å². The summed E-state index contributed by atoms with van der Waals surface area (Å²) in [6.45, 7) is 5.80. The standard InChI is InChI=1S/C23H47NO3/c1-4-6-7-8-9-10-11-12-13-14-15-16-17-18-22(3)24(21-27)23(5-2,19-25)20-26/h21-22,25-26H,4-20H2,1-3H3. The summed E-state index contributed by atoms with van der Waals surface area (Å²) in [7, 11) is 0. The Morgan fingerprint density at radius 3 is 1.52 bits per heavy atom. The van der Waals surface area contributed by atoms with Crippen LogP contribution in [0.1, 0.15) is 117 Å². The highest BCUT2D eigenvalue weighted by molar-refractivity contribution is 5.50. The largest absolute Gasteiger partial charge is 0.394 e. The Balaban J connectivity index is 3.72. The number of aliphatic hydroxyl groups is 2. The van der Waals surface area contributed by atoms with Crippen LogP contribution < -0.4 is 0 Å². The van der Waals surface area contributed by atoms with Crippen molar-refractivity contribution >= 4 is 6.41 Å². The van der Waals surface area contributed by atoms with Crippen LogP contribution >= 0.6 is 0 Å². The van der Waals surface area contributed by atoms with Crippen LogP contribution in [0, 0.1) is 0 Å². The van der Waals surface area contributed by atoms with E-state index in [4.69, 9.17) is 0 Å². The van der Waals surface area contributed by atoms with Crippen LogP contribution in [-0.4, -0.2) is 46.3 Å². The number of carbonyl (C=O) groups is 1. The molecule has 0 rings (SSSR count). The molecule has 1 atom stereocenters. The molecule has 4 heteroatoms. The molecule has 162 valence electrons. The van der Waals surface area contributed by atoms with Crippen molar-refractivity contribution in [2.24, 2.45) is 0 Å². The first kappa shape index (κ1) is 26.4. The van der Waals surface area contributed by atoms with Gasteiger partial charge in [-0.15, -0.1) is 0 Å². The lowest BCUT2D eigenvalue weighted by Crippen LogP contribution is -2.56.